The number of amides is 3. The normalized spacial score (nSPS) is 12.9. The molecule has 2 aromatic rings. The molecule has 8 N–H and O–H groups in total. The number of benzene rings is 2. The first-order chi connectivity index (χ1) is 20.0. The molecule has 0 radical (unpaired) electrons. The second-order valence-electron chi connectivity index (χ2n) is 9.57. The third-order valence-corrected chi connectivity index (χ3v) is 8.99. The summed E-state index contributed by atoms with van der Waals surface area (Å²) in [6, 6.07) is 11.1. The molecule has 232 valence electrons. The van der Waals surface area contributed by atoms with Crippen molar-refractivity contribution in [2.75, 3.05) is 44.6 Å². The van der Waals surface area contributed by atoms with E-state index >= 15 is 0 Å². The van der Waals surface area contributed by atoms with E-state index in [1.807, 2.05) is 30.3 Å². The van der Waals surface area contributed by atoms with Crippen molar-refractivity contribution in [2.45, 2.75) is 50.1 Å². The maximum atomic E-state index is 13.5. The van der Waals surface area contributed by atoms with Crippen LogP contribution in [0.15, 0.2) is 53.4 Å². The Morgan fingerprint density at radius 3 is 2.14 bits per heavy atom. The average molecular weight is 624 g/mol. The Labute approximate surface area is 253 Å². The molecule has 42 heavy (non-hydrogen) atoms. The number of hydrogen-bond acceptors (Lipinski definition) is 8. The van der Waals surface area contributed by atoms with Gasteiger partial charge in [-0.2, -0.15) is 4.31 Å². The van der Waals surface area contributed by atoms with Gasteiger partial charge >= 0.3 is 0 Å². The van der Waals surface area contributed by atoms with E-state index in [1.165, 1.54) is 27.4 Å². The van der Waals surface area contributed by atoms with E-state index in [0.717, 1.165) is 5.56 Å². The van der Waals surface area contributed by atoms with E-state index in [4.69, 9.17) is 28.8 Å². The zero-order valence-corrected chi connectivity index (χ0v) is 25.7. The molecule has 0 bridgehead atoms. The third-order valence-electron chi connectivity index (χ3n) is 6.62. The largest absolute Gasteiger partial charge is 0.343 e. The Hall–Kier alpha value is -3.07. The van der Waals surface area contributed by atoms with E-state index in [1.54, 1.807) is 13.8 Å². The number of nitrogens with one attached hydrogen (secondary N) is 2. The van der Waals surface area contributed by atoms with E-state index in [0.29, 0.717) is 6.42 Å². The summed E-state index contributed by atoms with van der Waals surface area (Å²) in [5.41, 5.74) is 18.2. The number of anilines is 1. The highest BCUT2D eigenvalue weighted by Crippen LogP contribution is 2.27. The Morgan fingerprint density at radius 2 is 1.57 bits per heavy atom. The van der Waals surface area contributed by atoms with Crippen LogP contribution in [0.5, 0.6) is 0 Å². The third kappa shape index (κ3) is 10.0. The van der Waals surface area contributed by atoms with Crippen molar-refractivity contribution in [3.05, 3.63) is 59.1 Å². The molecule has 0 unspecified atom stereocenters. The lowest BCUT2D eigenvalue weighted by Gasteiger charge is -2.24. The molecule has 2 aromatic carbocycles. The number of aryl methyl sites for hydroxylation is 1. The smallest absolute Gasteiger partial charge is 0.247 e. The lowest BCUT2D eigenvalue weighted by molar-refractivity contribution is -0.134. The molecule has 12 nitrogen and oxygen atoms in total. The summed E-state index contributed by atoms with van der Waals surface area (Å²) >= 11 is 6.32. The first-order valence-corrected chi connectivity index (χ1v) is 15.7. The predicted molar refractivity (Wildman–Crippen MR) is 164 cm³/mol. The SMILES string of the molecule is CCN(CC)S(=O)(=O)c1ccc(Cl)c(NC(=O)[C@H](CCc2ccccc2)NC(=O)[C@@H](N)CC(=O)N(CCN)CCN)c1. The van der Waals surface area contributed by atoms with Crippen LogP contribution in [0.3, 0.4) is 0 Å². The zero-order valence-electron chi connectivity index (χ0n) is 24.1. The number of sulfonamides is 1. The summed E-state index contributed by atoms with van der Waals surface area (Å²) in [4.78, 5) is 40.6. The minimum Gasteiger partial charge on any atom is -0.343 e. The lowest BCUT2D eigenvalue weighted by atomic mass is 10.0. The molecule has 2 rings (SSSR count). The fraction of sp³-hybridized carbons (Fsp3) is 0.464. The molecule has 0 aliphatic heterocycles. The van der Waals surface area contributed by atoms with Gasteiger partial charge in [0.15, 0.2) is 0 Å². The second-order valence-corrected chi connectivity index (χ2v) is 11.9. The van der Waals surface area contributed by atoms with Crippen LogP contribution < -0.4 is 27.8 Å². The summed E-state index contributed by atoms with van der Waals surface area (Å²) in [5.74, 6) is -1.69. The standard InChI is InChI=1S/C28H42ClN7O5S/c1-3-36(4-2)42(40,41)21-11-12-22(29)25(18-21)34-28(39)24(13-10-20-8-6-5-7-9-20)33-27(38)23(32)19-26(37)35(16-14-30)17-15-31/h5-9,11-12,18,23-24H,3-4,10,13-17,19,30-32H2,1-2H3,(H,33,38)(H,34,39)/t23-,24-/m0/s1. The monoisotopic (exact) mass is 623 g/mol. The van der Waals surface area contributed by atoms with Crippen LogP contribution in [0.4, 0.5) is 5.69 Å². The van der Waals surface area contributed by atoms with Gasteiger partial charge in [0.25, 0.3) is 0 Å². The number of hydrogen-bond donors (Lipinski definition) is 5. The Morgan fingerprint density at radius 1 is 0.952 bits per heavy atom. The highest BCUT2D eigenvalue weighted by Gasteiger charge is 2.28. The van der Waals surface area contributed by atoms with E-state index in [-0.39, 0.29) is 73.6 Å². The average Bonchev–Trinajstić information content (AvgIpc) is 2.96. The molecule has 0 heterocycles. The molecule has 2 atom stereocenters. The summed E-state index contributed by atoms with van der Waals surface area (Å²) in [5, 5.41) is 5.43. The van der Waals surface area contributed by atoms with Gasteiger partial charge in [0, 0.05) is 39.3 Å². The molecule has 0 spiro atoms. The van der Waals surface area contributed by atoms with E-state index in [2.05, 4.69) is 10.6 Å². The van der Waals surface area contributed by atoms with Gasteiger partial charge < -0.3 is 32.7 Å². The summed E-state index contributed by atoms with van der Waals surface area (Å²) < 4.78 is 27.3. The minimum atomic E-state index is -3.81. The Kier molecular flexibility index (Phi) is 14.3. The lowest BCUT2D eigenvalue weighted by Crippen LogP contribution is -2.52. The molecule has 0 aliphatic rings. The van der Waals surface area contributed by atoms with Crippen LogP contribution in [-0.2, 0) is 30.8 Å². The van der Waals surface area contributed by atoms with Crippen molar-refractivity contribution in [1.29, 1.82) is 0 Å². The number of carbonyl (C=O) groups excluding carboxylic acids is 3. The van der Waals surface area contributed by atoms with Crippen LogP contribution in [0.1, 0.15) is 32.3 Å². The Bertz CT molecular complexity index is 1290. The number of nitrogens with zero attached hydrogens (tertiary/aromatic N) is 2. The number of nitrogens with two attached hydrogens (primary N) is 3. The van der Waals surface area contributed by atoms with Crippen molar-refractivity contribution < 1.29 is 22.8 Å². The highest BCUT2D eigenvalue weighted by atomic mass is 35.5. The number of carbonyl (C=O) groups is 3. The molecule has 0 aliphatic carbocycles. The minimum absolute atomic E-state index is 0.0316. The molecule has 14 heteroatoms. The van der Waals surface area contributed by atoms with Crippen LogP contribution >= 0.6 is 11.6 Å². The van der Waals surface area contributed by atoms with Gasteiger partial charge in [-0.25, -0.2) is 8.42 Å². The van der Waals surface area contributed by atoms with Crippen LogP contribution in [0.25, 0.3) is 0 Å². The first-order valence-electron chi connectivity index (χ1n) is 13.9. The quantitative estimate of drug-likeness (QED) is 0.171. The van der Waals surface area contributed by atoms with Crippen molar-refractivity contribution in [3.8, 4) is 0 Å². The highest BCUT2D eigenvalue weighted by molar-refractivity contribution is 7.89. The molecule has 0 aromatic heterocycles. The number of rotatable bonds is 17. The molecule has 0 fully saturated rings. The van der Waals surface area contributed by atoms with Crippen molar-refractivity contribution in [2.24, 2.45) is 17.2 Å². The molecule has 0 saturated carbocycles. The van der Waals surface area contributed by atoms with Gasteiger partial charge in [-0.3, -0.25) is 14.4 Å². The van der Waals surface area contributed by atoms with Gasteiger partial charge in [-0.15, -0.1) is 0 Å². The second kappa shape index (κ2) is 17.1. The van der Waals surface area contributed by atoms with Gasteiger partial charge in [-0.05, 0) is 36.6 Å². The van der Waals surface area contributed by atoms with E-state index < -0.39 is 33.9 Å². The van der Waals surface area contributed by atoms with Gasteiger partial charge in [0.1, 0.15) is 6.04 Å². The molecular weight excluding hydrogens is 582 g/mol. The fourth-order valence-electron chi connectivity index (χ4n) is 4.28. The summed E-state index contributed by atoms with van der Waals surface area (Å²) in [7, 11) is -3.81. The maximum Gasteiger partial charge on any atom is 0.247 e. The summed E-state index contributed by atoms with van der Waals surface area (Å²) in [6.07, 6.45) is 0.345. The first kappa shape index (κ1) is 35.1. The predicted octanol–water partition coefficient (Wildman–Crippen LogP) is 0.890. The van der Waals surface area contributed by atoms with Crippen LogP contribution in [-0.4, -0.2) is 86.7 Å². The van der Waals surface area contributed by atoms with Gasteiger partial charge in [0.2, 0.25) is 27.7 Å². The van der Waals surface area contributed by atoms with Crippen LogP contribution in [0, 0.1) is 0 Å². The van der Waals surface area contributed by atoms with Crippen molar-refractivity contribution in [1.82, 2.24) is 14.5 Å². The topological polar surface area (TPSA) is 194 Å². The zero-order chi connectivity index (χ0) is 31.3. The fourth-order valence-corrected chi connectivity index (χ4v) is 5.93. The molecule has 3 amide bonds. The van der Waals surface area contributed by atoms with Crippen molar-refractivity contribution >= 4 is 45.0 Å². The number of halogens is 1. The molecule has 0 saturated heterocycles. The van der Waals surface area contributed by atoms with Gasteiger partial charge in [0.05, 0.1) is 28.1 Å². The van der Waals surface area contributed by atoms with Crippen LogP contribution in [0.2, 0.25) is 5.02 Å². The maximum absolute atomic E-state index is 13.5. The van der Waals surface area contributed by atoms with E-state index in [9.17, 15) is 22.8 Å². The summed E-state index contributed by atoms with van der Waals surface area (Å²) in [6.45, 7) is 5.01. The Balaban J connectivity index is 2.26. The van der Waals surface area contributed by atoms with Crippen molar-refractivity contribution in [3.63, 3.8) is 0 Å². The van der Waals surface area contributed by atoms with Gasteiger partial charge in [-0.1, -0.05) is 55.8 Å². The molecular formula is C28H42ClN7O5S.